The molecule has 0 aromatic heterocycles. The van der Waals surface area contributed by atoms with Crippen molar-refractivity contribution in [2.24, 2.45) is 34.5 Å². The number of carbonyl (C=O) groups excluding carboxylic acids is 3. The summed E-state index contributed by atoms with van der Waals surface area (Å²) in [5, 5.41) is 29.3. The number of likely N-dealkylation sites (N-methyl/N-ethyl adjacent to an activating group) is 1. The molecule has 50 heavy (non-hydrogen) atoms. The molecule has 13 atom stereocenters. The third-order valence-corrected chi connectivity index (χ3v) is 14.0. The zero-order valence-corrected chi connectivity index (χ0v) is 29.9. The molecule has 1 aromatic carbocycles. The van der Waals surface area contributed by atoms with Gasteiger partial charge in [0.2, 0.25) is 5.91 Å². The van der Waals surface area contributed by atoms with Crippen molar-refractivity contribution in [1.82, 2.24) is 4.90 Å². The highest BCUT2D eigenvalue weighted by atomic mass is 16.5. The van der Waals surface area contributed by atoms with Gasteiger partial charge < -0.3 is 44.0 Å². The van der Waals surface area contributed by atoms with Crippen LogP contribution >= 0.6 is 0 Å². The number of hydrogen-bond acceptors (Lipinski definition) is 12. The lowest BCUT2D eigenvalue weighted by molar-refractivity contribution is -0.320. The van der Waals surface area contributed by atoms with Crippen molar-refractivity contribution in [3.05, 3.63) is 29.8 Å². The molecule has 1 heterocycles. The number of likely N-dealkylation sites (tertiary alicyclic amines) is 1. The molecule has 1 aliphatic heterocycles. The number of nitrogens with zero attached hydrogens (tertiary/aromatic N) is 1. The van der Waals surface area contributed by atoms with E-state index in [2.05, 4.69) is 21.9 Å². The van der Waals surface area contributed by atoms with Crippen LogP contribution in [0.5, 0.6) is 0 Å². The predicted octanol–water partition coefficient (Wildman–Crippen LogP) is 2.03. The van der Waals surface area contributed by atoms with Gasteiger partial charge in [-0.25, -0.2) is 4.79 Å². The lowest BCUT2D eigenvalue weighted by atomic mass is 9.42. The molecule has 13 nitrogen and oxygen atoms in total. The van der Waals surface area contributed by atoms with E-state index in [0.717, 1.165) is 6.42 Å². The maximum absolute atomic E-state index is 13.9. The Morgan fingerprint density at radius 3 is 2.42 bits per heavy atom. The summed E-state index contributed by atoms with van der Waals surface area (Å²) in [6, 6.07) is 6.17. The van der Waals surface area contributed by atoms with Gasteiger partial charge in [0.15, 0.2) is 0 Å². The number of esters is 2. The fourth-order valence-corrected chi connectivity index (χ4v) is 12.6. The molecule has 1 amide bonds. The summed E-state index contributed by atoms with van der Waals surface area (Å²) >= 11 is 0. The Morgan fingerprint density at radius 2 is 1.76 bits per heavy atom. The number of aliphatic hydroxyl groups is 2. The van der Waals surface area contributed by atoms with Crippen molar-refractivity contribution in [3.63, 3.8) is 0 Å². The van der Waals surface area contributed by atoms with Gasteiger partial charge >= 0.3 is 11.9 Å². The summed E-state index contributed by atoms with van der Waals surface area (Å²) in [4.78, 5) is 40.5. The van der Waals surface area contributed by atoms with Crippen LogP contribution in [-0.4, -0.2) is 130 Å². The van der Waals surface area contributed by atoms with Crippen LogP contribution in [0.2, 0.25) is 0 Å². The zero-order chi connectivity index (χ0) is 35.8. The number of nitrogens with one attached hydrogen (secondary N) is 1. The van der Waals surface area contributed by atoms with E-state index in [1.54, 1.807) is 52.7 Å². The van der Waals surface area contributed by atoms with Crippen molar-refractivity contribution in [2.75, 3.05) is 60.6 Å². The highest BCUT2D eigenvalue weighted by Crippen LogP contribution is 2.80. The number of carbonyl (C=O) groups is 3. The molecule has 5 aliphatic carbocycles. The van der Waals surface area contributed by atoms with Gasteiger partial charge in [-0.3, -0.25) is 14.5 Å². The smallest absolute Gasteiger partial charge is 0.340 e. The third kappa shape index (κ3) is 4.53. The molecule has 7 rings (SSSR count). The van der Waals surface area contributed by atoms with E-state index in [4.69, 9.17) is 23.7 Å². The summed E-state index contributed by atoms with van der Waals surface area (Å²) in [5.41, 5.74) is -4.06. The van der Waals surface area contributed by atoms with E-state index in [0.29, 0.717) is 25.9 Å². The molecule has 276 valence electrons. The summed E-state index contributed by atoms with van der Waals surface area (Å²) < 4.78 is 35.9. The van der Waals surface area contributed by atoms with Crippen molar-refractivity contribution in [3.8, 4) is 0 Å². The molecule has 1 aromatic rings. The molecule has 5 saturated carbocycles. The van der Waals surface area contributed by atoms with E-state index in [1.165, 1.54) is 7.11 Å². The van der Waals surface area contributed by atoms with Crippen LogP contribution in [0.15, 0.2) is 24.3 Å². The first-order valence-electron chi connectivity index (χ1n) is 17.9. The molecule has 1 spiro atoms. The lowest BCUT2D eigenvalue weighted by Crippen LogP contribution is -2.82. The van der Waals surface area contributed by atoms with Gasteiger partial charge in [0.05, 0.1) is 61.8 Å². The summed E-state index contributed by atoms with van der Waals surface area (Å²) in [5.74, 6) is -2.23. The fourth-order valence-electron chi connectivity index (χ4n) is 12.6. The maximum atomic E-state index is 13.9. The minimum absolute atomic E-state index is 0.0420. The van der Waals surface area contributed by atoms with E-state index >= 15 is 0 Å². The van der Waals surface area contributed by atoms with Crippen LogP contribution in [0.1, 0.15) is 55.8 Å². The second-order valence-corrected chi connectivity index (χ2v) is 15.4. The first kappa shape index (κ1) is 35.7. The fraction of sp³-hybridized carbons (Fsp3) is 0.757. The molecule has 6 fully saturated rings. The molecule has 6 aliphatic rings. The quantitative estimate of drug-likeness (QED) is 0.273. The first-order chi connectivity index (χ1) is 24.0. The SMILES string of the molecule is CCN1C[C@]2(COC(=O)c3ccccc3NC(=O)CCC(=O)OC)CC[C@H](OC)[C@]34[C@@H]5C[C@H]6[C@H](OC)[C@@H]5[C@](O)(C[C@@H]6OC)[C@@](O)([C@H]13)[C@@H](OC)[C@H]24. The first-order valence-corrected chi connectivity index (χ1v) is 17.9. The standard InChI is InChI=1S/C37H52N2O11/c1-7-39-18-34(19-50-32(42)20-10-8-9-11-23(20)38-26(40)12-13-27(41)47-4)15-14-25(46-3)36-22-16-21-24(45-2)17-35(43,28(22)29(21)48-5)37(44,33(36)39)31(49-6)30(34)36/h8-11,21-22,24-25,28-31,33,43-44H,7,12-19H2,1-6H3,(H,38,40)/t21-,22-,24+,25+,28-,29+,30-,31+,33-,34+,35-,36+,37+/m1/s1. The van der Waals surface area contributed by atoms with Crippen LogP contribution in [0.25, 0.3) is 0 Å². The van der Waals surface area contributed by atoms with Gasteiger partial charge in [-0.15, -0.1) is 0 Å². The van der Waals surface area contributed by atoms with Crippen molar-refractivity contribution >= 4 is 23.5 Å². The van der Waals surface area contributed by atoms with Gasteiger partial charge in [0, 0.05) is 76.4 Å². The van der Waals surface area contributed by atoms with Crippen molar-refractivity contribution in [1.29, 1.82) is 0 Å². The monoisotopic (exact) mass is 700 g/mol. The number of anilines is 1. The number of hydrogen-bond donors (Lipinski definition) is 3. The van der Waals surface area contributed by atoms with E-state index in [-0.39, 0.29) is 79.1 Å². The largest absolute Gasteiger partial charge is 0.469 e. The molecule has 1 saturated heterocycles. The minimum Gasteiger partial charge on any atom is -0.469 e. The number of rotatable bonds is 12. The molecule has 7 bridgehead atoms. The highest BCUT2D eigenvalue weighted by Gasteiger charge is 2.91. The van der Waals surface area contributed by atoms with E-state index in [1.807, 2.05) is 0 Å². The Morgan fingerprint density at radius 1 is 1.00 bits per heavy atom. The minimum atomic E-state index is -1.69. The molecular formula is C37H52N2O11. The average Bonchev–Trinajstić information content (AvgIpc) is 3.54. The lowest BCUT2D eigenvalue weighted by Gasteiger charge is -2.70. The van der Waals surface area contributed by atoms with Crippen LogP contribution in [-0.2, 0) is 38.0 Å². The molecule has 0 unspecified atom stereocenters. The third-order valence-electron chi connectivity index (χ3n) is 14.0. The zero-order valence-electron chi connectivity index (χ0n) is 29.9. The topological polar surface area (TPSA) is 162 Å². The Bertz CT molecular complexity index is 1510. The Hall–Kier alpha value is -2.65. The van der Waals surface area contributed by atoms with Gasteiger partial charge in [-0.1, -0.05) is 19.1 Å². The average molecular weight is 701 g/mol. The van der Waals surface area contributed by atoms with Gasteiger partial charge in [-0.2, -0.15) is 0 Å². The number of fused-ring (bicyclic) bond motifs is 2. The number of benzene rings is 1. The predicted molar refractivity (Wildman–Crippen MR) is 178 cm³/mol. The second-order valence-electron chi connectivity index (χ2n) is 15.4. The van der Waals surface area contributed by atoms with Crippen LogP contribution in [0, 0.1) is 34.5 Å². The molecule has 0 radical (unpaired) electrons. The number of amides is 1. The van der Waals surface area contributed by atoms with Crippen molar-refractivity contribution < 1.29 is 53.0 Å². The van der Waals surface area contributed by atoms with Crippen LogP contribution in [0.3, 0.4) is 0 Å². The Kier molecular flexibility index (Phi) is 9.14. The highest BCUT2D eigenvalue weighted by molar-refractivity contribution is 6.01. The second kappa shape index (κ2) is 12.8. The molecule has 3 N–H and O–H groups in total. The number of piperidine rings is 1. The van der Waals surface area contributed by atoms with E-state index < -0.39 is 52.0 Å². The number of ether oxygens (including phenoxy) is 6. The van der Waals surface area contributed by atoms with Gasteiger partial charge in [-0.05, 0) is 43.9 Å². The normalized spacial score (nSPS) is 43.7. The van der Waals surface area contributed by atoms with Gasteiger partial charge in [0.1, 0.15) is 11.2 Å². The number of methoxy groups -OCH3 is 5. The Balaban J connectivity index is 1.27. The summed E-state index contributed by atoms with van der Waals surface area (Å²) in [6.07, 6.45) is 0.548. The van der Waals surface area contributed by atoms with Crippen LogP contribution in [0.4, 0.5) is 5.69 Å². The molecule has 13 heteroatoms. The number of para-hydroxylation sites is 1. The van der Waals surface area contributed by atoms with Gasteiger partial charge in [0.25, 0.3) is 0 Å². The maximum Gasteiger partial charge on any atom is 0.340 e. The Labute approximate surface area is 293 Å². The van der Waals surface area contributed by atoms with Crippen LogP contribution < -0.4 is 5.32 Å². The summed E-state index contributed by atoms with van der Waals surface area (Å²) in [6.45, 7) is 3.25. The summed E-state index contributed by atoms with van der Waals surface area (Å²) in [7, 11) is 7.95. The van der Waals surface area contributed by atoms with Crippen molar-refractivity contribution in [2.45, 2.75) is 87.1 Å². The van der Waals surface area contributed by atoms with E-state index in [9.17, 15) is 24.6 Å². The molecular weight excluding hydrogens is 648 g/mol.